The van der Waals surface area contributed by atoms with Gasteiger partial charge in [0.05, 0.1) is 0 Å². The van der Waals surface area contributed by atoms with Crippen molar-refractivity contribution in [3.63, 3.8) is 0 Å². The smallest absolute Gasteiger partial charge is 0.129 e. The van der Waals surface area contributed by atoms with Crippen molar-refractivity contribution in [2.75, 3.05) is 13.6 Å². The summed E-state index contributed by atoms with van der Waals surface area (Å²) in [6.07, 6.45) is 8.15. The molecule has 0 aromatic carbocycles. The van der Waals surface area contributed by atoms with Crippen molar-refractivity contribution in [2.45, 2.75) is 45.1 Å². The fraction of sp³-hybridized carbons (Fsp3) is 0.625. The lowest BCUT2D eigenvalue weighted by molar-refractivity contribution is -0.108. The van der Waals surface area contributed by atoms with E-state index in [0.717, 1.165) is 38.1 Å². The van der Waals surface area contributed by atoms with E-state index in [1.54, 1.807) is 0 Å². The van der Waals surface area contributed by atoms with Crippen LogP contribution in [-0.2, 0) is 17.8 Å². The average Bonchev–Trinajstić information content (AvgIpc) is 2.93. The van der Waals surface area contributed by atoms with Gasteiger partial charge < -0.3 is 9.69 Å². The van der Waals surface area contributed by atoms with Crippen LogP contribution in [-0.4, -0.2) is 29.8 Å². The van der Waals surface area contributed by atoms with Gasteiger partial charge in [0.25, 0.3) is 0 Å². The van der Waals surface area contributed by atoms with Crippen molar-refractivity contribution in [3.05, 3.63) is 28.5 Å². The summed E-state index contributed by atoms with van der Waals surface area (Å²) < 4.78 is 0. The number of aromatic nitrogens is 1. The maximum absolute atomic E-state index is 9.96. The average molecular weight is 295 g/mol. The summed E-state index contributed by atoms with van der Waals surface area (Å²) in [4.78, 5) is 16.5. The summed E-state index contributed by atoms with van der Waals surface area (Å²) in [6, 6.07) is 3.93. The van der Waals surface area contributed by atoms with Crippen LogP contribution in [0, 0.1) is 5.92 Å². The number of aldehydes is 1. The number of likely N-dealkylation sites (N-methyl/N-ethyl adjacent to an activating group) is 1. The number of pyridine rings is 1. The molecule has 4 heteroatoms. The summed E-state index contributed by atoms with van der Waals surface area (Å²) in [5.74, 6) is 0.743. The van der Waals surface area contributed by atoms with Crippen molar-refractivity contribution >= 4 is 17.9 Å². The lowest BCUT2D eigenvalue weighted by Crippen LogP contribution is -2.27. The zero-order valence-corrected chi connectivity index (χ0v) is 12.9. The lowest BCUT2D eigenvalue weighted by atomic mass is 10.1. The molecule has 0 radical (unpaired) electrons. The fourth-order valence-electron chi connectivity index (χ4n) is 2.91. The third-order valence-corrected chi connectivity index (χ3v) is 4.32. The number of nitrogens with zero attached hydrogens (tertiary/aromatic N) is 2. The fourth-order valence-corrected chi connectivity index (χ4v) is 3.08. The van der Waals surface area contributed by atoms with Crippen LogP contribution in [0.25, 0.3) is 0 Å². The van der Waals surface area contributed by atoms with Crippen molar-refractivity contribution in [1.29, 1.82) is 0 Å². The first-order valence-electron chi connectivity index (χ1n) is 7.45. The zero-order valence-electron chi connectivity index (χ0n) is 12.1. The molecule has 0 N–H and O–H groups in total. The summed E-state index contributed by atoms with van der Waals surface area (Å²) in [5, 5.41) is 0.610. The molecule has 1 aliphatic carbocycles. The second kappa shape index (κ2) is 7.75. The van der Waals surface area contributed by atoms with E-state index in [1.165, 1.54) is 36.9 Å². The van der Waals surface area contributed by atoms with Gasteiger partial charge in [-0.05, 0) is 24.6 Å². The first kappa shape index (κ1) is 15.5. The Hall–Kier alpha value is -0.930. The molecule has 0 spiro atoms. The molecular formula is C16H23ClN2O. The highest BCUT2D eigenvalue weighted by molar-refractivity contribution is 6.29. The number of hydrogen-bond acceptors (Lipinski definition) is 3. The molecule has 110 valence electrons. The molecule has 3 rings (SSSR count). The van der Waals surface area contributed by atoms with Crippen molar-refractivity contribution in [3.8, 4) is 0 Å². The van der Waals surface area contributed by atoms with Crippen LogP contribution in [0.3, 0.4) is 0 Å². The van der Waals surface area contributed by atoms with E-state index < -0.39 is 0 Å². The molecule has 1 aromatic rings. The van der Waals surface area contributed by atoms with E-state index in [-0.39, 0.29) is 0 Å². The monoisotopic (exact) mass is 294 g/mol. The summed E-state index contributed by atoms with van der Waals surface area (Å²) in [7, 11) is 2.12. The maximum Gasteiger partial charge on any atom is 0.129 e. The molecule has 1 aromatic heterocycles. The van der Waals surface area contributed by atoms with Crippen LogP contribution in [0.4, 0.5) is 0 Å². The maximum atomic E-state index is 9.96. The van der Waals surface area contributed by atoms with Crippen LogP contribution in [0.5, 0.6) is 0 Å². The highest BCUT2D eigenvalue weighted by Crippen LogP contribution is 2.26. The Labute approximate surface area is 126 Å². The first-order valence-corrected chi connectivity index (χ1v) is 7.83. The number of hydrogen-bond donors (Lipinski definition) is 0. The van der Waals surface area contributed by atoms with E-state index in [9.17, 15) is 4.79 Å². The van der Waals surface area contributed by atoms with Crippen molar-refractivity contribution in [2.24, 2.45) is 5.92 Å². The lowest BCUT2D eigenvalue weighted by Gasteiger charge is -2.23. The first-order chi connectivity index (χ1) is 9.69. The Morgan fingerprint density at radius 1 is 1.40 bits per heavy atom. The number of carbonyl (C=O) groups is 1. The second-order valence-corrected chi connectivity index (χ2v) is 6.17. The van der Waals surface area contributed by atoms with Gasteiger partial charge >= 0.3 is 0 Å². The van der Waals surface area contributed by atoms with Crippen LogP contribution < -0.4 is 0 Å². The second-order valence-electron chi connectivity index (χ2n) is 5.78. The molecule has 2 heterocycles. The van der Waals surface area contributed by atoms with Gasteiger partial charge in [0.2, 0.25) is 0 Å². The Morgan fingerprint density at radius 2 is 2.15 bits per heavy atom. The molecule has 0 unspecified atom stereocenters. The van der Waals surface area contributed by atoms with E-state index in [4.69, 9.17) is 11.6 Å². The van der Waals surface area contributed by atoms with Gasteiger partial charge in [-0.2, -0.15) is 0 Å². The molecular weight excluding hydrogens is 272 g/mol. The highest BCUT2D eigenvalue weighted by Gasteiger charge is 2.14. The molecule has 1 aliphatic heterocycles. The number of carbonyl (C=O) groups excluding carboxylic acids is 1. The van der Waals surface area contributed by atoms with Crippen LogP contribution in [0.1, 0.15) is 43.4 Å². The summed E-state index contributed by atoms with van der Waals surface area (Å²) >= 11 is 5.79. The Kier molecular flexibility index (Phi) is 5.99. The van der Waals surface area contributed by atoms with Gasteiger partial charge in [-0.1, -0.05) is 43.4 Å². The molecule has 1 fully saturated rings. The van der Waals surface area contributed by atoms with Crippen molar-refractivity contribution in [1.82, 2.24) is 9.88 Å². The third kappa shape index (κ3) is 4.57. The predicted molar refractivity (Wildman–Crippen MR) is 81.9 cm³/mol. The number of halogens is 1. The number of rotatable bonds is 2. The normalized spacial score (nSPS) is 19.1. The van der Waals surface area contributed by atoms with Gasteiger partial charge in [0, 0.05) is 31.6 Å². The van der Waals surface area contributed by atoms with Gasteiger partial charge in [0.1, 0.15) is 11.4 Å². The minimum Gasteiger partial charge on any atom is -0.303 e. The SMILES string of the molecule is CN1CCc2nc(Cl)ccc2C1.O=CCC1CCCC1. The van der Waals surface area contributed by atoms with Gasteiger partial charge in [-0.15, -0.1) is 0 Å². The minimum absolute atomic E-state index is 0.610. The molecule has 1 saturated carbocycles. The van der Waals surface area contributed by atoms with Gasteiger partial charge in [-0.25, -0.2) is 4.98 Å². The van der Waals surface area contributed by atoms with E-state index in [0.29, 0.717) is 5.15 Å². The van der Waals surface area contributed by atoms with E-state index in [1.807, 2.05) is 6.07 Å². The summed E-state index contributed by atoms with van der Waals surface area (Å²) in [5.41, 5.74) is 2.48. The minimum atomic E-state index is 0.610. The standard InChI is InChI=1S/C9H11ClN2.C7H12O/c1-12-5-4-8-7(6-12)2-3-9(10)11-8;8-6-5-7-3-1-2-4-7/h2-3H,4-6H2,1H3;6-7H,1-5H2. The topological polar surface area (TPSA) is 33.2 Å². The van der Waals surface area contributed by atoms with E-state index in [2.05, 4.69) is 23.0 Å². The van der Waals surface area contributed by atoms with E-state index >= 15 is 0 Å². The molecule has 3 nitrogen and oxygen atoms in total. The molecule has 20 heavy (non-hydrogen) atoms. The molecule has 2 aliphatic rings. The highest BCUT2D eigenvalue weighted by atomic mass is 35.5. The molecule has 0 saturated heterocycles. The quantitative estimate of drug-likeness (QED) is 0.618. The third-order valence-electron chi connectivity index (χ3n) is 4.11. The number of fused-ring (bicyclic) bond motifs is 1. The Morgan fingerprint density at radius 3 is 2.85 bits per heavy atom. The van der Waals surface area contributed by atoms with Crippen LogP contribution in [0.2, 0.25) is 5.15 Å². The van der Waals surface area contributed by atoms with Gasteiger partial charge in [0.15, 0.2) is 0 Å². The Bertz CT molecular complexity index is 444. The van der Waals surface area contributed by atoms with Crippen molar-refractivity contribution < 1.29 is 4.79 Å². The predicted octanol–water partition coefficient (Wildman–Crippen LogP) is 3.49. The zero-order chi connectivity index (χ0) is 14.4. The largest absolute Gasteiger partial charge is 0.303 e. The van der Waals surface area contributed by atoms with Crippen LogP contribution >= 0.6 is 11.6 Å². The molecule has 0 amide bonds. The molecule has 0 atom stereocenters. The molecule has 0 bridgehead atoms. The van der Waals surface area contributed by atoms with Crippen LogP contribution in [0.15, 0.2) is 12.1 Å². The van der Waals surface area contributed by atoms with Gasteiger partial charge in [-0.3, -0.25) is 0 Å². The summed E-state index contributed by atoms with van der Waals surface area (Å²) in [6.45, 7) is 2.08. The Balaban J connectivity index is 0.000000160.